The molecule has 0 bridgehead atoms. The predicted octanol–water partition coefficient (Wildman–Crippen LogP) is 3.40. The molecule has 4 aromatic rings. The van der Waals surface area contributed by atoms with Crippen molar-refractivity contribution in [3.05, 3.63) is 42.1 Å². The first-order chi connectivity index (χ1) is 15.6. The molecule has 164 valence electrons. The Morgan fingerprint density at radius 1 is 1.09 bits per heavy atom. The monoisotopic (exact) mass is 433 g/mol. The van der Waals surface area contributed by atoms with Gasteiger partial charge in [-0.1, -0.05) is 12.1 Å². The van der Waals surface area contributed by atoms with Gasteiger partial charge in [0.1, 0.15) is 29.2 Å². The zero-order chi connectivity index (χ0) is 21.7. The Morgan fingerprint density at radius 3 is 2.69 bits per heavy atom. The lowest BCUT2D eigenvalue weighted by molar-refractivity contribution is 0.195. The largest absolute Gasteiger partial charge is 0.379 e. The molecule has 32 heavy (non-hydrogen) atoms. The minimum atomic E-state index is -0.816. The lowest BCUT2D eigenvalue weighted by Crippen LogP contribution is -2.24. The van der Waals surface area contributed by atoms with Crippen LogP contribution in [0.4, 0.5) is 16.0 Å². The number of alkyl halides is 1. The molecule has 0 spiro atoms. The van der Waals surface area contributed by atoms with Crippen molar-refractivity contribution < 1.29 is 9.13 Å². The highest BCUT2D eigenvalue weighted by Crippen LogP contribution is 2.29. The molecular formula is C23H24FN7O. The third-order valence-electron chi connectivity index (χ3n) is 6.14. The number of nitrogens with zero attached hydrogens (tertiary/aromatic N) is 6. The molecule has 2 fully saturated rings. The summed E-state index contributed by atoms with van der Waals surface area (Å²) in [5, 5.41) is 8.38. The Balaban J connectivity index is 1.47. The number of hydrogen-bond donors (Lipinski definition) is 1. The lowest BCUT2D eigenvalue weighted by Gasteiger charge is -2.19. The third-order valence-corrected chi connectivity index (χ3v) is 6.14. The second-order valence-electron chi connectivity index (χ2n) is 8.48. The first-order valence-corrected chi connectivity index (χ1v) is 11.0. The van der Waals surface area contributed by atoms with E-state index < -0.39 is 6.17 Å². The highest BCUT2D eigenvalue weighted by Gasteiger charge is 2.25. The summed E-state index contributed by atoms with van der Waals surface area (Å²) in [6.45, 7) is 4.36. The van der Waals surface area contributed by atoms with Gasteiger partial charge in [0.15, 0.2) is 5.65 Å². The van der Waals surface area contributed by atoms with E-state index in [0.29, 0.717) is 37.5 Å². The smallest absolute Gasteiger partial charge is 0.160 e. The van der Waals surface area contributed by atoms with E-state index in [1.807, 2.05) is 48.2 Å². The molecule has 5 heterocycles. The number of benzene rings is 1. The minimum Gasteiger partial charge on any atom is -0.379 e. The van der Waals surface area contributed by atoms with Crippen LogP contribution in [0.2, 0.25) is 0 Å². The van der Waals surface area contributed by atoms with Crippen LogP contribution in [0, 0.1) is 6.92 Å². The van der Waals surface area contributed by atoms with Gasteiger partial charge >= 0.3 is 0 Å². The number of anilines is 2. The van der Waals surface area contributed by atoms with E-state index in [0.717, 1.165) is 47.1 Å². The molecule has 0 saturated carbocycles. The summed E-state index contributed by atoms with van der Waals surface area (Å²) in [5.41, 5.74) is 4.63. The quantitative estimate of drug-likeness (QED) is 0.528. The van der Waals surface area contributed by atoms with Gasteiger partial charge in [0, 0.05) is 25.3 Å². The average molecular weight is 433 g/mol. The fourth-order valence-corrected chi connectivity index (χ4v) is 4.46. The number of hydrogen-bond acceptors (Lipinski definition) is 7. The van der Waals surface area contributed by atoms with Crippen molar-refractivity contribution in [2.75, 3.05) is 36.5 Å². The number of halogens is 1. The van der Waals surface area contributed by atoms with Crippen LogP contribution < -0.4 is 10.2 Å². The molecule has 2 aliphatic heterocycles. The molecule has 8 nitrogen and oxygen atoms in total. The van der Waals surface area contributed by atoms with E-state index in [1.165, 1.54) is 0 Å². The third kappa shape index (κ3) is 3.42. The Morgan fingerprint density at radius 2 is 1.94 bits per heavy atom. The number of aromatic nitrogens is 5. The summed E-state index contributed by atoms with van der Waals surface area (Å²) < 4.78 is 21.2. The Bertz CT molecular complexity index is 1300. The van der Waals surface area contributed by atoms with E-state index in [-0.39, 0.29) is 6.04 Å². The van der Waals surface area contributed by atoms with Gasteiger partial charge in [0.05, 0.1) is 35.9 Å². The number of nitrogens with one attached hydrogen (secondary N) is 1. The molecule has 1 N–H and O–H groups in total. The van der Waals surface area contributed by atoms with Crippen molar-refractivity contribution in [3.8, 4) is 11.4 Å². The van der Waals surface area contributed by atoms with Gasteiger partial charge in [-0.3, -0.25) is 0 Å². The molecule has 0 unspecified atom stereocenters. The number of rotatable bonds is 4. The molecule has 6 rings (SSSR count). The summed E-state index contributed by atoms with van der Waals surface area (Å²) in [6.07, 6.45) is 0.644. The zero-order valence-corrected chi connectivity index (χ0v) is 17.8. The van der Waals surface area contributed by atoms with Crippen molar-refractivity contribution in [3.63, 3.8) is 0 Å². The fraction of sp³-hybridized carbons (Fsp3) is 0.391. The SMILES string of the molecule is Cc1nc2ccccc2nc1-c1cc2nc(N3CC[C@@H](F)C3)cc(N[C@@H]3CCOC3)n2n1. The van der Waals surface area contributed by atoms with Crippen molar-refractivity contribution in [2.45, 2.75) is 32.0 Å². The van der Waals surface area contributed by atoms with Gasteiger partial charge < -0.3 is 15.0 Å². The first kappa shape index (κ1) is 19.4. The Hall–Kier alpha value is -3.33. The molecule has 2 atom stereocenters. The van der Waals surface area contributed by atoms with Crippen molar-refractivity contribution in [1.82, 2.24) is 24.6 Å². The number of fused-ring (bicyclic) bond motifs is 2. The van der Waals surface area contributed by atoms with Crippen LogP contribution in [-0.2, 0) is 4.74 Å². The van der Waals surface area contributed by atoms with Gasteiger partial charge in [-0.25, -0.2) is 19.3 Å². The van der Waals surface area contributed by atoms with Crippen LogP contribution >= 0.6 is 0 Å². The summed E-state index contributed by atoms with van der Waals surface area (Å²) in [5.74, 6) is 1.58. The second kappa shape index (κ2) is 7.67. The minimum absolute atomic E-state index is 0.204. The summed E-state index contributed by atoms with van der Waals surface area (Å²) in [6, 6.07) is 11.9. The van der Waals surface area contributed by atoms with Crippen molar-refractivity contribution >= 4 is 28.3 Å². The number of ether oxygens (including phenoxy) is 1. The molecule has 0 amide bonds. The van der Waals surface area contributed by atoms with Crippen LogP contribution in [0.25, 0.3) is 28.1 Å². The lowest BCUT2D eigenvalue weighted by atomic mass is 10.2. The zero-order valence-electron chi connectivity index (χ0n) is 17.8. The number of para-hydroxylation sites is 2. The molecule has 1 aromatic carbocycles. The molecular weight excluding hydrogens is 409 g/mol. The van der Waals surface area contributed by atoms with E-state index in [9.17, 15) is 4.39 Å². The fourth-order valence-electron chi connectivity index (χ4n) is 4.46. The maximum Gasteiger partial charge on any atom is 0.160 e. The first-order valence-electron chi connectivity index (χ1n) is 11.0. The van der Waals surface area contributed by atoms with E-state index in [4.69, 9.17) is 24.8 Å². The van der Waals surface area contributed by atoms with E-state index in [1.54, 1.807) is 4.52 Å². The van der Waals surface area contributed by atoms with Crippen LogP contribution in [0.15, 0.2) is 36.4 Å². The summed E-state index contributed by atoms with van der Waals surface area (Å²) >= 11 is 0. The van der Waals surface area contributed by atoms with Gasteiger partial charge in [-0.15, -0.1) is 0 Å². The maximum absolute atomic E-state index is 13.9. The normalized spacial score (nSPS) is 21.1. The van der Waals surface area contributed by atoms with E-state index >= 15 is 0 Å². The molecule has 9 heteroatoms. The highest BCUT2D eigenvalue weighted by atomic mass is 19.1. The van der Waals surface area contributed by atoms with Gasteiger partial charge in [0.2, 0.25) is 0 Å². The predicted molar refractivity (Wildman–Crippen MR) is 121 cm³/mol. The van der Waals surface area contributed by atoms with Crippen LogP contribution in [0.5, 0.6) is 0 Å². The van der Waals surface area contributed by atoms with Gasteiger partial charge in [-0.2, -0.15) is 9.61 Å². The maximum atomic E-state index is 13.9. The summed E-state index contributed by atoms with van der Waals surface area (Å²) in [4.78, 5) is 16.3. The standard InChI is InChI=1S/C23H24FN7O/c1-14-23(27-18-5-3-2-4-17(18)25-14)19-10-21-28-20(30-8-6-15(24)12-30)11-22(31(21)29-19)26-16-7-9-32-13-16/h2-5,10-11,15-16,26H,6-9,12-13H2,1H3/t15-,16-/m1/s1. The average Bonchev–Trinajstić information content (AvgIpc) is 3.54. The van der Waals surface area contributed by atoms with E-state index in [2.05, 4.69) is 5.32 Å². The van der Waals surface area contributed by atoms with Crippen LogP contribution in [0.1, 0.15) is 18.5 Å². The highest BCUT2D eigenvalue weighted by molar-refractivity contribution is 5.78. The molecule has 2 aliphatic rings. The topological polar surface area (TPSA) is 80.5 Å². The molecule has 0 radical (unpaired) electrons. The van der Waals surface area contributed by atoms with Crippen molar-refractivity contribution in [2.24, 2.45) is 0 Å². The van der Waals surface area contributed by atoms with Gasteiger partial charge in [0.25, 0.3) is 0 Å². The van der Waals surface area contributed by atoms with Crippen LogP contribution in [0.3, 0.4) is 0 Å². The second-order valence-corrected chi connectivity index (χ2v) is 8.48. The van der Waals surface area contributed by atoms with Crippen LogP contribution in [-0.4, -0.2) is 63.1 Å². The number of aryl methyl sites for hydroxylation is 1. The van der Waals surface area contributed by atoms with Gasteiger partial charge in [-0.05, 0) is 31.9 Å². The summed E-state index contributed by atoms with van der Waals surface area (Å²) in [7, 11) is 0. The Labute approximate surface area is 184 Å². The molecule has 3 aromatic heterocycles. The van der Waals surface area contributed by atoms with Crippen molar-refractivity contribution in [1.29, 1.82) is 0 Å². The Kier molecular flexibility index (Phi) is 4.64. The molecule has 2 saturated heterocycles. The molecule has 0 aliphatic carbocycles.